The summed E-state index contributed by atoms with van der Waals surface area (Å²) in [6, 6.07) is 1.68. The second kappa shape index (κ2) is 3.75. The number of piperidine rings is 1. The molecule has 0 unspecified atom stereocenters. The van der Waals surface area contributed by atoms with Gasteiger partial charge in [0.25, 0.3) is 0 Å². The van der Waals surface area contributed by atoms with E-state index in [-0.39, 0.29) is 0 Å². The summed E-state index contributed by atoms with van der Waals surface area (Å²) in [6.07, 6.45) is 5.64. The van der Waals surface area contributed by atoms with E-state index in [1.807, 2.05) is 0 Å². The first-order chi connectivity index (χ1) is 5.88. The Labute approximate surface area is 75.3 Å². The average Bonchev–Trinajstić information content (AvgIpc) is 2.57. The van der Waals surface area contributed by atoms with E-state index in [1.165, 1.54) is 45.3 Å². The summed E-state index contributed by atoms with van der Waals surface area (Å²) >= 11 is 0. The fourth-order valence-electron chi connectivity index (χ4n) is 2.59. The third-order valence-corrected chi connectivity index (χ3v) is 3.36. The number of hydrogen-bond donors (Lipinski definition) is 1. The van der Waals surface area contributed by atoms with Crippen molar-refractivity contribution in [2.75, 3.05) is 19.6 Å². The molecule has 0 saturated carbocycles. The predicted molar refractivity (Wildman–Crippen MR) is 51.3 cm³/mol. The molecular weight excluding hydrogens is 148 g/mol. The van der Waals surface area contributed by atoms with E-state index in [0.29, 0.717) is 0 Å². The van der Waals surface area contributed by atoms with Gasteiger partial charge in [-0.15, -0.1) is 0 Å². The highest BCUT2D eigenvalue weighted by atomic mass is 15.2. The van der Waals surface area contributed by atoms with Crippen LogP contribution in [0.15, 0.2) is 0 Å². The van der Waals surface area contributed by atoms with Gasteiger partial charge in [-0.2, -0.15) is 0 Å². The van der Waals surface area contributed by atoms with Crippen LogP contribution in [0.25, 0.3) is 0 Å². The van der Waals surface area contributed by atoms with Crippen LogP contribution in [0, 0.1) is 0 Å². The van der Waals surface area contributed by atoms with Crippen molar-refractivity contribution >= 4 is 0 Å². The van der Waals surface area contributed by atoms with Crippen LogP contribution >= 0.6 is 0 Å². The summed E-state index contributed by atoms with van der Waals surface area (Å²) in [4.78, 5) is 2.71. The number of likely N-dealkylation sites (tertiary alicyclic amines) is 1. The fourth-order valence-corrected chi connectivity index (χ4v) is 2.59. The Morgan fingerprint density at radius 3 is 2.83 bits per heavy atom. The van der Waals surface area contributed by atoms with E-state index in [1.54, 1.807) is 0 Å². The van der Waals surface area contributed by atoms with Crippen molar-refractivity contribution in [3.05, 3.63) is 0 Å². The molecule has 2 aliphatic heterocycles. The zero-order valence-electron chi connectivity index (χ0n) is 8.05. The summed E-state index contributed by atoms with van der Waals surface area (Å²) in [5.41, 5.74) is 0. The van der Waals surface area contributed by atoms with Crippen LogP contribution in [-0.4, -0.2) is 36.6 Å². The van der Waals surface area contributed by atoms with Gasteiger partial charge in [0.05, 0.1) is 0 Å². The normalized spacial score (nSPS) is 38.8. The third kappa shape index (κ3) is 1.64. The number of nitrogens with one attached hydrogen (secondary N) is 1. The molecule has 0 spiro atoms. The topological polar surface area (TPSA) is 15.3 Å². The molecule has 0 bridgehead atoms. The van der Waals surface area contributed by atoms with Crippen molar-refractivity contribution in [3.8, 4) is 0 Å². The van der Waals surface area contributed by atoms with Crippen LogP contribution in [0.3, 0.4) is 0 Å². The van der Waals surface area contributed by atoms with Gasteiger partial charge in [0.2, 0.25) is 0 Å². The maximum Gasteiger partial charge on any atom is 0.0235 e. The molecular formula is C10H20N2. The van der Waals surface area contributed by atoms with Gasteiger partial charge in [-0.25, -0.2) is 0 Å². The van der Waals surface area contributed by atoms with Gasteiger partial charge in [-0.3, -0.25) is 4.90 Å². The quantitative estimate of drug-likeness (QED) is 0.633. The molecule has 2 aliphatic rings. The first-order valence-corrected chi connectivity index (χ1v) is 5.34. The van der Waals surface area contributed by atoms with Gasteiger partial charge in [-0.05, 0) is 39.3 Å². The van der Waals surface area contributed by atoms with Crippen molar-refractivity contribution in [2.24, 2.45) is 0 Å². The van der Waals surface area contributed by atoms with Gasteiger partial charge in [0, 0.05) is 18.6 Å². The lowest BCUT2D eigenvalue weighted by atomic mass is 10.0. The molecule has 2 nitrogen and oxygen atoms in total. The second-order valence-corrected chi connectivity index (χ2v) is 4.23. The highest BCUT2D eigenvalue weighted by Crippen LogP contribution is 2.21. The van der Waals surface area contributed by atoms with Crippen LogP contribution in [0.1, 0.15) is 32.6 Å². The Bertz CT molecular complexity index is 141. The standard InChI is InChI=1S/C10H20N2/c1-9-4-2-3-7-12(9)10-5-6-11-8-10/h9-11H,2-8H2,1H3/t9-,10+/m0/s1. The maximum absolute atomic E-state index is 3.45. The highest BCUT2D eigenvalue weighted by Gasteiger charge is 2.27. The van der Waals surface area contributed by atoms with Crippen molar-refractivity contribution < 1.29 is 0 Å². The van der Waals surface area contributed by atoms with Crippen molar-refractivity contribution in [1.82, 2.24) is 10.2 Å². The summed E-state index contributed by atoms with van der Waals surface area (Å²) in [5.74, 6) is 0. The molecule has 12 heavy (non-hydrogen) atoms. The molecule has 2 saturated heterocycles. The van der Waals surface area contributed by atoms with Crippen LogP contribution in [0.5, 0.6) is 0 Å². The maximum atomic E-state index is 3.45. The zero-order chi connectivity index (χ0) is 8.39. The van der Waals surface area contributed by atoms with Crippen molar-refractivity contribution in [2.45, 2.75) is 44.7 Å². The molecule has 1 N–H and O–H groups in total. The van der Waals surface area contributed by atoms with E-state index < -0.39 is 0 Å². The second-order valence-electron chi connectivity index (χ2n) is 4.23. The highest BCUT2D eigenvalue weighted by molar-refractivity contribution is 4.85. The predicted octanol–water partition coefficient (Wildman–Crippen LogP) is 1.22. The summed E-state index contributed by atoms with van der Waals surface area (Å²) in [7, 11) is 0. The summed E-state index contributed by atoms with van der Waals surface area (Å²) in [6.45, 7) is 6.18. The molecule has 2 rings (SSSR count). The Morgan fingerprint density at radius 2 is 2.17 bits per heavy atom. The minimum Gasteiger partial charge on any atom is -0.315 e. The van der Waals surface area contributed by atoms with Crippen molar-refractivity contribution in [1.29, 1.82) is 0 Å². The summed E-state index contributed by atoms with van der Waals surface area (Å²) < 4.78 is 0. The van der Waals surface area contributed by atoms with Gasteiger partial charge in [0.1, 0.15) is 0 Å². The minimum absolute atomic E-state index is 0.837. The van der Waals surface area contributed by atoms with Gasteiger partial charge >= 0.3 is 0 Å². The van der Waals surface area contributed by atoms with E-state index in [4.69, 9.17) is 0 Å². The monoisotopic (exact) mass is 168 g/mol. The molecule has 2 atom stereocenters. The molecule has 70 valence electrons. The molecule has 0 aromatic carbocycles. The van der Waals surface area contributed by atoms with E-state index in [0.717, 1.165) is 12.1 Å². The molecule has 0 aliphatic carbocycles. The van der Waals surface area contributed by atoms with Gasteiger partial charge < -0.3 is 5.32 Å². The number of rotatable bonds is 1. The van der Waals surface area contributed by atoms with Gasteiger partial charge in [0.15, 0.2) is 0 Å². The first-order valence-electron chi connectivity index (χ1n) is 5.34. The van der Waals surface area contributed by atoms with E-state index in [2.05, 4.69) is 17.1 Å². The van der Waals surface area contributed by atoms with Crippen LogP contribution in [0.2, 0.25) is 0 Å². The van der Waals surface area contributed by atoms with Crippen molar-refractivity contribution in [3.63, 3.8) is 0 Å². The van der Waals surface area contributed by atoms with Crippen LogP contribution in [-0.2, 0) is 0 Å². The zero-order valence-corrected chi connectivity index (χ0v) is 8.05. The number of hydrogen-bond acceptors (Lipinski definition) is 2. The molecule has 2 fully saturated rings. The summed E-state index contributed by atoms with van der Waals surface area (Å²) in [5, 5.41) is 3.45. The molecule has 0 aromatic heterocycles. The third-order valence-electron chi connectivity index (χ3n) is 3.36. The Morgan fingerprint density at radius 1 is 1.25 bits per heavy atom. The van der Waals surface area contributed by atoms with E-state index in [9.17, 15) is 0 Å². The minimum atomic E-state index is 0.837. The molecule has 0 aromatic rings. The first kappa shape index (κ1) is 8.52. The molecule has 2 heterocycles. The SMILES string of the molecule is C[C@H]1CCCCN1[C@@H]1CCNC1. The fraction of sp³-hybridized carbons (Fsp3) is 1.00. The largest absolute Gasteiger partial charge is 0.315 e. The molecule has 2 heteroatoms. The Balaban J connectivity index is 1.91. The number of nitrogens with zero attached hydrogens (tertiary/aromatic N) is 1. The molecule has 0 radical (unpaired) electrons. The Hall–Kier alpha value is -0.0800. The lowest BCUT2D eigenvalue weighted by Gasteiger charge is -2.37. The van der Waals surface area contributed by atoms with Crippen LogP contribution < -0.4 is 5.32 Å². The van der Waals surface area contributed by atoms with Crippen LogP contribution in [0.4, 0.5) is 0 Å². The lowest BCUT2D eigenvalue weighted by Crippen LogP contribution is -2.45. The van der Waals surface area contributed by atoms with Gasteiger partial charge in [-0.1, -0.05) is 6.42 Å². The Kier molecular flexibility index (Phi) is 2.66. The van der Waals surface area contributed by atoms with E-state index >= 15 is 0 Å². The lowest BCUT2D eigenvalue weighted by molar-refractivity contribution is 0.114. The molecule has 0 amide bonds. The average molecular weight is 168 g/mol. The smallest absolute Gasteiger partial charge is 0.0235 e.